The fourth-order valence-electron chi connectivity index (χ4n) is 2.69. The molecule has 1 fully saturated rings. The van der Waals surface area contributed by atoms with Crippen molar-refractivity contribution < 1.29 is 0 Å². The van der Waals surface area contributed by atoms with Crippen molar-refractivity contribution in [2.24, 2.45) is 11.7 Å². The highest BCUT2D eigenvalue weighted by atomic mass is 15.4. The van der Waals surface area contributed by atoms with E-state index in [2.05, 4.69) is 34.9 Å². The van der Waals surface area contributed by atoms with Crippen LogP contribution in [-0.2, 0) is 0 Å². The molecule has 18 heavy (non-hydrogen) atoms. The summed E-state index contributed by atoms with van der Waals surface area (Å²) in [6.45, 7) is 5.98. The fraction of sp³-hybridized carbons (Fsp3) is 0.538. The number of aromatic nitrogens is 3. The third-order valence-electron chi connectivity index (χ3n) is 3.72. The lowest BCUT2D eigenvalue weighted by Crippen LogP contribution is -2.28. The van der Waals surface area contributed by atoms with Crippen LogP contribution in [0.5, 0.6) is 0 Å². The summed E-state index contributed by atoms with van der Waals surface area (Å²) in [5, 5.41) is 4.57. The number of hydrogen-bond acceptors (Lipinski definition) is 4. The Morgan fingerprint density at radius 3 is 3.00 bits per heavy atom. The summed E-state index contributed by atoms with van der Waals surface area (Å²) in [6, 6.07) is 4.54. The van der Waals surface area contributed by atoms with Gasteiger partial charge in [0.2, 0.25) is 5.95 Å². The molecule has 0 aliphatic carbocycles. The third kappa shape index (κ3) is 1.84. The molecule has 2 atom stereocenters. The highest BCUT2D eigenvalue weighted by Gasteiger charge is 2.30. The summed E-state index contributed by atoms with van der Waals surface area (Å²) in [4.78, 5) is 6.86. The van der Waals surface area contributed by atoms with Crippen LogP contribution in [0.15, 0.2) is 18.3 Å². The number of anilines is 1. The van der Waals surface area contributed by atoms with Crippen LogP contribution in [0.2, 0.25) is 0 Å². The molecule has 1 saturated heterocycles. The highest BCUT2D eigenvalue weighted by molar-refractivity contribution is 5.46. The Hall–Kier alpha value is -1.62. The average Bonchev–Trinajstić information content (AvgIpc) is 2.91. The Morgan fingerprint density at radius 2 is 2.28 bits per heavy atom. The summed E-state index contributed by atoms with van der Waals surface area (Å²) in [5.41, 5.74) is 7.85. The molecule has 1 aliphatic heterocycles. The predicted octanol–water partition coefficient (Wildman–Crippen LogP) is 1.21. The summed E-state index contributed by atoms with van der Waals surface area (Å²) < 4.78 is 1.85. The highest BCUT2D eigenvalue weighted by Crippen LogP contribution is 2.26. The number of rotatable bonds is 2. The van der Waals surface area contributed by atoms with Gasteiger partial charge in [-0.3, -0.25) is 0 Å². The number of hydrogen-bond donors (Lipinski definition) is 1. The van der Waals surface area contributed by atoms with E-state index in [0.717, 1.165) is 31.1 Å². The second-order valence-corrected chi connectivity index (χ2v) is 5.26. The number of pyridine rings is 1. The molecule has 0 amide bonds. The van der Waals surface area contributed by atoms with Gasteiger partial charge in [0, 0.05) is 18.8 Å². The number of fused-ring (bicyclic) bond motifs is 1. The average molecular weight is 245 g/mol. The van der Waals surface area contributed by atoms with Gasteiger partial charge < -0.3 is 10.6 Å². The summed E-state index contributed by atoms with van der Waals surface area (Å²) in [7, 11) is 0. The largest absolute Gasteiger partial charge is 0.336 e. The maximum atomic E-state index is 5.76. The number of nitrogens with two attached hydrogens (primary N) is 1. The molecule has 2 aromatic rings. The first-order chi connectivity index (χ1) is 8.67. The van der Waals surface area contributed by atoms with Gasteiger partial charge in [0.25, 0.3) is 0 Å². The van der Waals surface area contributed by atoms with E-state index in [9.17, 15) is 0 Å². The minimum absolute atomic E-state index is 0.469. The van der Waals surface area contributed by atoms with Crippen LogP contribution < -0.4 is 10.6 Å². The molecular weight excluding hydrogens is 226 g/mol. The molecule has 2 unspecified atom stereocenters. The van der Waals surface area contributed by atoms with Gasteiger partial charge in [0.05, 0.1) is 0 Å². The van der Waals surface area contributed by atoms with Crippen molar-refractivity contribution in [2.45, 2.75) is 26.3 Å². The summed E-state index contributed by atoms with van der Waals surface area (Å²) in [6.07, 6.45) is 3.14. The molecule has 96 valence electrons. The van der Waals surface area contributed by atoms with Crippen LogP contribution in [0.3, 0.4) is 0 Å². The molecule has 5 heteroatoms. The second kappa shape index (κ2) is 4.24. The molecular formula is C13H19N5. The zero-order valence-electron chi connectivity index (χ0n) is 10.9. The van der Waals surface area contributed by atoms with Crippen LogP contribution in [-0.4, -0.2) is 33.7 Å². The van der Waals surface area contributed by atoms with E-state index in [1.807, 2.05) is 16.8 Å². The zero-order valence-corrected chi connectivity index (χ0v) is 10.9. The van der Waals surface area contributed by atoms with Crippen molar-refractivity contribution in [1.29, 1.82) is 0 Å². The second-order valence-electron chi connectivity index (χ2n) is 5.26. The van der Waals surface area contributed by atoms with Crippen LogP contribution >= 0.6 is 0 Å². The van der Waals surface area contributed by atoms with Crippen LogP contribution in [0.1, 0.15) is 18.9 Å². The standard InChI is InChI=1S/C13H19N5/c1-9-3-4-12-15-13(16-18(12)7-9)17-8-11(6-14)5-10(17)2/h3-4,7,10-11H,5-6,8,14H2,1-2H3. The van der Waals surface area contributed by atoms with Crippen molar-refractivity contribution in [3.63, 3.8) is 0 Å². The molecule has 0 aromatic carbocycles. The lowest BCUT2D eigenvalue weighted by atomic mass is 10.1. The lowest BCUT2D eigenvalue weighted by Gasteiger charge is -2.18. The van der Waals surface area contributed by atoms with Crippen molar-refractivity contribution in [3.05, 3.63) is 23.9 Å². The molecule has 3 rings (SSSR count). The van der Waals surface area contributed by atoms with Crippen LogP contribution in [0, 0.1) is 12.8 Å². The molecule has 0 bridgehead atoms. The monoisotopic (exact) mass is 245 g/mol. The molecule has 0 radical (unpaired) electrons. The zero-order chi connectivity index (χ0) is 12.7. The maximum Gasteiger partial charge on any atom is 0.245 e. The van der Waals surface area contributed by atoms with Crippen molar-refractivity contribution in [2.75, 3.05) is 18.0 Å². The van der Waals surface area contributed by atoms with Gasteiger partial charge >= 0.3 is 0 Å². The minimum Gasteiger partial charge on any atom is -0.336 e. The lowest BCUT2D eigenvalue weighted by molar-refractivity contribution is 0.579. The van der Waals surface area contributed by atoms with E-state index in [-0.39, 0.29) is 0 Å². The topological polar surface area (TPSA) is 59.5 Å². The predicted molar refractivity (Wildman–Crippen MR) is 71.7 cm³/mol. The van der Waals surface area contributed by atoms with Crippen LogP contribution in [0.25, 0.3) is 5.65 Å². The Balaban J connectivity index is 1.94. The van der Waals surface area contributed by atoms with Crippen molar-refractivity contribution >= 4 is 11.6 Å². The Labute approximate surface area is 107 Å². The first-order valence-electron chi connectivity index (χ1n) is 6.47. The Bertz CT molecular complexity index is 562. The molecule has 3 heterocycles. The van der Waals surface area contributed by atoms with E-state index in [4.69, 9.17) is 5.73 Å². The quantitative estimate of drug-likeness (QED) is 0.864. The van der Waals surface area contributed by atoms with Gasteiger partial charge in [-0.25, -0.2) is 4.52 Å². The van der Waals surface area contributed by atoms with Gasteiger partial charge in [-0.1, -0.05) is 6.07 Å². The van der Waals surface area contributed by atoms with E-state index >= 15 is 0 Å². The van der Waals surface area contributed by atoms with E-state index < -0.39 is 0 Å². The summed E-state index contributed by atoms with van der Waals surface area (Å²) in [5.74, 6) is 1.39. The molecule has 2 aromatic heterocycles. The van der Waals surface area contributed by atoms with Gasteiger partial charge in [0.15, 0.2) is 5.65 Å². The molecule has 0 saturated carbocycles. The number of nitrogens with zero attached hydrogens (tertiary/aromatic N) is 4. The van der Waals surface area contributed by atoms with Crippen LogP contribution in [0.4, 0.5) is 5.95 Å². The molecule has 0 spiro atoms. The van der Waals surface area contributed by atoms with Gasteiger partial charge in [-0.2, -0.15) is 4.98 Å². The van der Waals surface area contributed by atoms with E-state index in [1.165, 1.54) is 5.56 Å². The Kier molecular flexibility index (Phi) is 2.70. The smallest absolute Gasteiger partial charge is 0.245 e. The maximum absolute atomic E-state index is 5.76. The first kappa shape index (κ1) is 11.5. The SMILES string of the molecule is Cc1ccc2nc(N3CC(CN)CC3C)nn2c1. The molecule has 2 N–H and O–H groups in total. The van der Waals surface area contributed by atoms with Gasteiger partial charge in [-0.15, -0.1) is 5.10 Å². The van der Waals surface area contributed by atoms with Gasteiger partial charge in [0.1, 0.15) is 0 Å². The van der Waals surface area contributed by atoms with Crippen molar-refractivity contribution in [1.82, 2.24) is 14.6 Å². The van der Waals surface area contributed by atoms with Crippen molar-refractivity contribution in [3.8, 4) is 0 Å². The number of aryl methyl sites for hydroxylation is 1. The first-order valence-corrected chi connectivity index (χ1v) is 6.47. The molecule has 1 aliphatic rings. The Morgan fingerprint density at radius 1 is 1.44 bits per heavy atom. The fourth-order valence-corrected chi connectivity index (χ4v) is 2.69. The molecule has 5 nitrogen and oxygen atoms in total. The third-order valence-corrected chi connectivity index (χ3v) is 3.72. The minimum atomic E-state index is 0.469. The van der Waals surface area contributed by atoms with E-state index in [0.29, 0.717) is 12.0 Å². The normalized spacial score (nSPS) is 24.1. The van der Waals surface area contributed by atoms with E-state index in [1.54, 1.807) is 0 Å². The summed E-state index contributed by atoms with van der Waals surface area (Å²) >= 11 is 0. The van der Waals surface area contributed by atoms with Gasteiger partial charge in [-0.05, 0) is 44.4 Å².